The third kappa shape index (κ3) is 2.75. The number of hydrogen-bond donors (Lipinski definition) is 1. The van der Waals surface area contributed by atoms with Gasteiger partial charge < -0.3 is 10.2 Å². The molecule has 0 aliphatic carbocycles. The summed E-state index contributed by atoms with van der Waals surface area (Å²) in [6.07, 6.45) is 2.32. The lowest BCUT2D eigenvalue weighted by Gasteiger charge is -2.31. The monoisotopic (exact) mass is 319 g/mol. The molecule has 1 unspecified atom stereocenters. The van der Waals surface area contributed by atoms with Crippen molar-refractivity contribution < 1.29 is 4.39 Å². The minimum absolute atomic E-state index is 0.0586. The van der Waals surface area contributed by atoms with Crippen molar-refractivity contribution in [3.8, 4) is 0 Å². The summed E-state index contributed by atoms with van der Waals surface area (Å²) in [5, 5.41) is 7.52. The number of hydrogen-bond acceptors (Lipinski definition) is 4. The zero-order valence-electron chi connectivity index (χ0n) is 13.3. The van der Waals surface area contributed by atoms with Crippen molar-refractivity contribution >= 4 is 17.0 Å². The molecular formula is C17H22FN3S. The van der Waals surface area contributed by atoms with Crippen LogP contribution in [0.2, 0.25) is 0 Å². The van der Waals surface area contributed by atoms with Gasteiger partial charge in [0.15, 0.2) is 0 Å². The first kappa shape index (κ1) is 15.4. The molecule has 0 amide bonds. The average Bonchev–Trinajstić information content (AvgIpc) is 3.07. The molecule has 1 aliphatic rings. The van der Waals surface area contributed by atoms with Crippen molar-refractivity contribution in [2.75, 3.05) is 25.0 Å². The highest BCUT2D eigenvalue weighted by Gasteiger charge is 2.40. The summed E-state index contributed by atoms with van der Waals surface area (Å²) in [6.45, 7) is 6.15. The lowest BCUT2D eigenvalue weighted by molar-refractivity contribution is 0.491. The topological polar surface area (TPSA) is 28.2 Å². The van der Waals surface area contributed by atoms with Gasteiger partial charge in [-0.2, -0.15) is 11.3 Å². The van der Waals surface area contributed by atoms with Crippen molar-refractivity contribution in [3.05, 3.63) is 46.2 Å². The van der Waals surface area contributed by atoms with Gasteiger partial charge in [-0.05, 0) is 42.4 Å². The minimum atomic E-state index is -0.265. The van der Waals surface area contributed by atoms with Gasteiger partial charge in [0.1, 0.15) is 5.82 Å². The van der Waals surface area contributed by atoms with Crippen molar-refractivity contribution in [3.63, 3.8) is 0 Å². The van der Waals surface area contributed by atoms with E-state index in [1.54, 1.807) is 17.4 Å². The lowest BCUT2D eigenvalue weighted by Crippen LogP contribution is -2.33. The molecule has 1 N–H and O–H groups in total. The Bertz CT molecular complexity index is 639. The van der Waals surface area contributed by atoms with E-state index < -0.39 is 0 Å². The summed E-state index contributed by atoms with van der Waals surface area (Å²) in [5.74, 6) is -0.265. The van der Waals surface area contributed by atoms with Crippen LogP contribution in [0, 0.1) is 5.82 Å². The van der Waals surface area contributed by atoms with Gasteiger partial charge >= 0.3 is 0 Å². The van der Waals surface area contributed by atoms with Crippen LogP contribution in [0.1, 0.15) is 37.6 Å². The molecule has 0 spiro atoms. The SMILES string of the molecule is CNCCC(c1ccsc1)N1CC(C)(C)c2ncc(F)cc21. The molecule has 5 heteroatoms. The molecule has 0 radical (unpaired) electrons. The number of halogens is 1. The smallest absolute Gasteiger partial charge is 0.143 e. The summed E-state index contributed by atoms with van der Waals surface area (Å²) in [5.41, 5.74) is 3.18. The van der Waals surface area contributed by atoms with Crippen LogP contribution in [0.15, 0.2) is 29.1 Å². The van der Waals surface area contributed by atoms with E-state index in [9.17, 15) is 4.39 Å². The first-order valence-electron chi connectivity index (χ1n) is 7.62. The first-order valence-corrected chi connectivity index (χ1v) is 8.56. The zero-order chi connectivity index (χ0) is 15.7. The fourth-order valence-corrected chi connectivity index (χ4v) is 3.99. The van der Waals surface area contributed by atoms with E-state index in [2.05, 4.69) is 45.9 Å². The number of nitrogens with one attached hydrogen (secondary N) is 1. The summed E-state index contributed by atoms with van der Waals surface area (Å²) < 4.78 is 13.7. The van der Waals surface area contributed by atoms with Crippen LogP contribution in [0.25, 0.3) is 0 Å². The van der Waals surface area contributed by atoms with Gasteiger partial charge in [-0.3, -0.25) is 4.98 Å². The molecule has 2 aromatic rings. The second-order valence-corrected chi connectivity index (χ2v) is 7.28. The van der Waals surface area contributed by atoms with E-state index in [1.807, 2.05) is 7.05 Å². The Hall–Kier alpha value is -1.46. The van der Waals surface area contributed by atoms with Crippen molar-refractivity contribution in [1.29, 1.82) is 0 Å². The molecule has 0 fully saturated rings. The highest BCUT2D eigenvalue weighted by molar-refractivity contribution is 7.08. The van der Waals surface area contributed by atoms with Crippen LogP contribution < -0.4 is 10.2 Å². The van der Waals surface area contributed by atoms with Crippen LogP contribution in [0.4, 0.5) is 10.1 Å². The molecule has 22 heavy (non-hydrogen) atoms. The maximum Gasteiger partial charge on any atom is 0.143 e. The summed E-state index contributed by atoms with van der Waals surface area (Å²) >= 11 is 1.71. The highest BCUT2D eigenvalue weighted by Crippen LogP contribution is 2.44. The van der Waals surface area contributed by atoms with Gasteiger partial charge in [-0.25, -0.2) is 4.39 Å². The molecule has 0 saturated heterocycles. The number of fused-ring (bicyclic) bond motifs is 1. The second-order valence-electron chi connectivity index (χ2n) is 6.50. The van der Waals surface area contributed by atoms with E-state index in [-0.39, 0.29) is 17.3 Å². The Balaban J connectivity index is 2.01. The third-order valence-electron chi connectivity index (χ3n) is 4.32. The minimum Gasteiger partial charge on any atom is -0.362 e. The van der Waals surface area contributed by atoms with Crippen molar-refractivity contribution in [2.45, 2.75) is 31.7 Å². The fraction of sp³-hybridized carbons (Fsp3) is 0.471. The predicted molar refractivity (Wildman–Crippen MR) is 90.2 cm³/mol. The number of thiophene rings is 1. The molecule has 3 heterocycles. The fourth-order valence-electron chi connectivity index (χ4n) is 3.28. The van der Waals surface area contributed by atoms with E-state index >= 15 is 0 Å². The lowest BCUT2D eigenvalue weighted by atomic mass is 9.91. The van der Waals surface area contributed by atoms with Crippen LogP contribution in [0.3, 0.4) is 0 Å². The number of aromatic nitrogens is 1. The standard InChI is InChI=1S/C17H22FN3S/c1-17(2)11-21(15-8-13(18)9-20-16(15)17)14(4-6-19-3)12-5-7-22-10-12/h5,7-10,14,19H,4,6,11H2,1-3H3. The molecule has 3 nitrogen and oxygen atoms in total. The van der Waals surface area contributed by atoms with Crippen LogP contribution >= 0.6 is 11.3 Å². The van der Waals surface area contributed by atoms with Gasteiger partial charge in [0.25, 0.3) is 0 Å². The Kier molecular flexibility index (Phi) is 4.19. The largest absolute Gasteiger partial charge is 0.362 e. The Morgan fingerprint density at radius 1 is 1.50 bits per heavy atom. The van der Waals surface area contributed by atoms with Gasteiger partial charge in [0.2, 0.25) is 0 Å². The van der Waals surface area contributed by atoms with Crippen LogP contribution in [-0.2, 0) is 5.41 Å². The maximum absolute atomic E-state index is 13.7. The number of rotatable bonds is 5. The molecule has 1 atom stereocenters. The van der Waals surface area contributed by atoms with E-state index in [0.717, 1.165) is 30.9 Å². The Morgan fingerprint density at radius 2 is 2.32 bits per heavy atom. The Morgan fingerprint density at radius 3 is 3.00 bits per heavy atom. The van der Waals surface area contributed by atoms with Gasteiger partial charge in [-0.1, -0.05) is 13.8 Å². The molecule has 0 bridgehead atoms. The summed E-state index contributed by atoms with van der Waals surface area (Å²) in [7, 11) is 1.97. The third-order valence-corrected chi connectivity index (χ3v) is 5.02. The van der Waals surface area contributed by atoms with Gasteiger partial charge in [0, 0.05) is 18.0 Å². The molecule has 1 aliphatic heterocycles. The highest BCUT2D eigenvalue weighted by atomic mass is 32.1. The molecule has 118 valence electrons. The number of nitrogens with zero attached hydrogens (tertiary/aromatic N) is 2. The van der Waals surface area contributed by atoms with Crippen LogP contribution in [-0.4, -0.2) is 25.1 Å². The first-order chi connectivity index (χ1) is 10.5. The molecular weight excluding hydrogens is 297 g/mol. The summed E-state index contributed by atoms with van der Waals surface area (Å²) in [4.78, 5) is 6.70. The molecule has 0 aromatic carbocycles. The molecule has 2 aromatic heterocycles. The summed E-state index contributed by atoms with van der Waals surface area (Å²) in [6, 6.07) is 4.06. The number of pyridine rings is 1. The second kappa shape index (κ2) is 5.97. The maximum atomic E-state index is 13.7. The van der Waals surface area contributed by atoms with Crippen molar-refractivity contribution in [1.82, 2.24) is 10.3 Å². The Labute approximate surface area is 135 Å². The normalized spacial score (nSPS) is 17.5. The molecule has 0 saturated carbocycles. The quantitative estimate of drug-likeness (QED) is 0.910. The van der Waals surface area contributed by atoms with E-state index in [0.29, 0.717) is 0 Å². The van der Waals surface area contributed by atoms with Crippen LogP contribution in [0.5, 0.6) is 0 Å². The van der Waals surface area contributed by atoms with Crippen molar-refractivity contribution in [2.24, 2.45) is 0 Å². The average molecular weight is 319 g/mol. The zero-order valence-corrected chi connectivity index (χ0v) is 14.1. The van der Waals surface area contributed by atoms with Gasteiger partial charge in [-0.15, -0.1) is 0 Å². The molecule has 3 rings (SSSR count). The van der Waals surface area contributed by atoms with Gasteiger partial charge in [0.05, 0.1) is 23.6 Å². The van der Waals surface area contributed by atoms with E-state index in [1.165, 1.54) is 11.8 Å². The number of anilines is 1. The predicted octanol–water partition coefficient (Wildman–Crippen LogP) is 3.73. The van der Waals surface area contributed by atoms with E-state index in [4.69, 9.17) is 0 Å².